The maximum absolute atomic E-state index is 14.5. The molecule has 27 heavy (non-hydrogen) atoms. The molecule has 0 bridgehead atoms. The van der Waals surface area contributed by atoms with Gasteiger partial charge in [0.05, 0.1) is 29.8 Å². The van der Waals surface area contributed by atoms with Crippen molar-refractivity contribution in [3.8, 4) is 0 Å². The van der Waals surface area contributed by atoms with Gasteiger partial charge >= 0.3 is 0 Å². The standard InChI is InChI=1S/C18H17F3IN3OS/c1-9(25-7-18(26,8-25)17(23)27)11-3-4-12(19)15(21)16(11)24-14-5-2-10(22)6-13(14)20/h2-6,17,24,26-27H,1,7-8,23H2/t17-/m0/s1. The first-order valence-corrected chi connectivity index (χ1v) is 9.52. The number of thiol groups is 1. The second-order valence-electron chi connectivity index (χ2n) is 6.38. The van der Waals surface area contributed by atoms with Gasteiger partial charge in [-0.3, -0.25) is 0 Å². The second-order valence-corrected chi connectivity index (χ2v) is 8.19. The fraction of sp³-hybridized carbons (Fsp3) is 0.222. The van der Waals surface area contributed by atoms with E-state index in [-0.39, 0.29) is 30.0 Å². The summed E-state index contributed by atoms with van der Waals surface area (Å²) in [4.78, 5) is 1.66. The van der Waals surface area contributed by atoms with E-state index >= 15 is 0 Å². The Bertz CT molecular complexity index is 904. The fourth-order valence-corrected chi connectivity index (χ4v) is 3.42. The smallest absolute Gasteiger partial charge is 0.182 e. The Morgan fingerprint density at radius 2 is 1.93 bits per heavy atom. The van der Waals surface area contributed by atoms with Gasteiger partial charge in [0.1, 0.15) is 11.4 Å². The first-order chi connectivity index (χ1) is 12.6. The molecule has 0 saturated carbocycles. The van der Waals surface area contributed by atoms with Gasteiger partial charge < -0.3 is 21.1 Å². The van der Waals surface area contributed by atoms with E-state index in [1.807, 2.05) is 22.6 Å². The number of β-amino-alcohol motifs (C(OH)–C–C–N with tert-alkyl or cyclic N) is 1. The van der Waals surface area contributed by atoms with E-state index in [4.69, 9.17) is 5.73 Å². The van der Waals surface area contributed by atoms with Crippen LogP contribution in [0.15, 0.2) is 36.9 Å². The molecule has 144 valence electrons. The van der Waals surface area contributed by atoms with E-state index in [9.17, 15) is 18.3 Å². The lowest BCUT2D eigenvalue weighted by molar-refractivity contribution is -0.0696. The van der Waals surface area contributed by atoms with Crippen molar-refractivity contribution < 1.29 is 18.3 Å². The van der Waals surface area contributed by atoms with Crippen molar-refractivity contribution in [2.24, 2.45) is 5.73 Å². The summed E-state index contributed by atoms with van der Waals surface area (Å²) in [6.45, 7) is 4.20. The summed E-state index contributed by atoms with van der Waals surface area (Å²) >= 11 is 6.00. The molecule has 1 heterocycles. The molecule has 2 aromatic carbocycles. The van der Waals surface area contributed by atoms with Gasteiger partial charge in [-0.05, 0) is 52.9 Å². The molecule has 9 heteroatoms. The van der Waals surface area contributed by atoms with Crippen LogP contribution in [0.2, 0.25) is 0 Å². The van der Waals surface area contributed by atoms with E-state index < -0.39 is 28.4 Å². The van der Waals surface area contributed by atoms with Gasteiger partial charge in [-0.2, -0.15) is 12.6 Å². The topological polar surface area (TPSA) is 61.5 Å². The molecule has 0 unspecified atom stereocenters. The van der Waals surface area contributed by atoms with Crippen molar-refractivity contribution in [3.63, 3.8) is 0 Å². The second kappa shape index (κ2) is 7.53. The van der Waals surface area contributed by atoms with Crippen LogP contribution < -0.4 is 11.1 Å². The lowest BCUT2D eigenvalue weighted by Gasteiger charge is -2.50. The Morgan fingerprint density at radius 3 is 2.52 bits per heavy atom. The summed E-state index contributed by atoms with van der Waals surface area (Å²) in [5.41, 5.74) is 4.81. The Balaban J connectivity index is 1.93. The van der Waals surface area contributed by atoms with Gasteiger partial charge in [-0.25, -0.2) is 13.2 Å². The van der Waals surface area contributed by atoms with Gasteiger partial charge in [-0.1, -0.05) is 6.58 Å². The van der Waals surface area contributed by atoms with Crippen LogP contribution in [0.25, 0.3) is 5.70 Å². The Labute approximate surface area is 173 Å². The van der Waals surface area contributed by atoms with Crippen molar-refractivity contribution >= 4 is 52.3 Å². The first-order valence-electron chi connectivity index (χ1n) is 7.93. The van der Waals surface area contributed by atoms with Crippen molar-refractivity contribution in [2.45, 2.75) is 11.0 Å². The minimum Gasteiger partial charge on any atom is -0.384 e. The normalized spacial score (nSPS) is 16.6. The average molecular weight is 507 g/mol. The zero-order valence-corrected chi connectivity index (χ0v) is 17.1. The van der Waals surface area contributed by atoms with Crippen LogP contribution in [0.5, 0.6) is 0 Å². The number of nitrogens with two attached hydrogens (primary N) is 1. The van der Waals surface area contributed by atoms with E-state index in [2.05, 4.69) is 24.5 Å². The molecule has 1 atom stereocenters. The van der Waals surface area contributed by atoms with Gasteiger partial charge in [0.15, 0.2) is 11.6 Å². The fourth-order valence-electron chi connectivity index (χ4n) is 2.80. The average Bonchev–Trinajstić information content (AvgIpc) is 2.57. The van der Waals surface area contributed by atoms with E-state index in [0.29, 0.717) is 9.27 Å². The highest BCUT2D eigenvalue weighted by Crippen LogP contribution is 2.37. The molecule has 3 rings (SSSR count). The highest BCUT2D eigenvalue weighted by molar-refractivity contribution is 14.1. The zero-order chi connectivity index (χ0) is 19.9. The maximum Gasteiger partial charge on any atom is 0.182 e. The zero-order valence-electron chi connectivity index (χ0n) is 14.0. The third kappa shape index (κ3) is 3.91. The monoisotopic (exact) mass is 507 g/mol. The third-order valence-electron chi connectivity index (χ3n) is 4.46. The van der Waals surface area contributed by atoms with Crippen LogP contribution in [0.1, 0.15) is 5.56 Å². The quantitative estimate of drug-likeness (QED) is 0.284. The predicted octanol–water partition coefficient (Wildman–Crippen LogP) is 3.68. The van der Waals surface area contributed by atoms with Gasteiger partial charge in [0, 0.05) is 14.8 Å². The number of aliphatic hydroxyl groups is 1. The van der Waals surface area contributed by atoms with Crippen molar-refractivity contribution in [1.29, 1.82) is 0 Å². The molecule has 0 amide bonds. The number of halogens is 4. The van der Waals surface area contributed by atoms with Crippen molar-refractivity contribution in [1.82, 2.24) is 4.90 Å². The summed E-state index contributed by atoms with van der Waals surface area (Å²) in [6.07, 6.45) is 0. The van der Waals surface area contributed by atoms with E-state index in [0.717, 1.165) is 6.07 Å². The number of likely N-dealkylation sites (tertiary alicyclic amines) is 1. The molecule has 1 aliphatic heterocycles. The van der Waals surface area contributed by atoms with Gasteiger partial charge in [0.2, 0.25) is 0 Å². The number of nitrogens with one attached hydrogen (secondary N) is 1. The number of hydrogen-bond donors (Lipinski definition) is 4. The molecule has 0 radical (unpaired) electrons. The summed E-state index contributed by atoms with van der Waals surface area (Å²) in [5, 5.41) is 12.1. The molecule has 1 fully saturated rings. The molecule has 0 aliphatic carbocycles. The Hall–Kier alpha value is -1.43. The molecule has 2 aromatic rings. The number of benzene rings is 2. The third-order valence-corrected chi connectivity index (χ3v) is 5.61. The van der Waals surface area contributed by atoms with Crippen LogP contribution >= 0.6 is 35.2 Å². The molecule has 0 aromatic heterocycles. The largest absolute Gasteiger partial charge is 0.384 e. The minimum absolute atomic E-state index is 0.00598. The number of nitrogens with zero attached hydrogens (tertiary/aromatic N) is 1. The van der Waals surface area contributed by atoms with E-state index in [1.54, 1.807) is 11.0 Å². The number of rotatable bonds is 5. The molecule has 1 saturated heterocycles. The number of hydrogen-bond acceptors (Lipinski definition) is 5. The maximum atomic E-state index is 14.5. The SMILES string of the molecule is C=C(c1ccc(F)c(F)c1Nc1ccc(I)cc1F)N1CC(O)([C@@H](N)S)C1. The molecular weight excluding hydrogens is 490 g/mol. The lowest BCUT2D eigenvalue weighted by atomic mass is 9.92. The summed E-state index contributed by atoms with van der Waals surface area (Å²) in [7, 11) is 0. The highest BCUT2D eigenvalue weighted by Gasteiger charge is 2.45. The van der Waals surface area contributed by atoms with Crippen LogP contribution in [-0.2, 0) is 0 Å². The predicted molar refractivity (Wildman–Crippen MR) is 111 cm³/mol. The summed E-state index contributed by atoms with van der Waals surface area (Å²) in [6, 6.07) is 6.68. The summed E-state index contributed by atoms with van der Waals surface area (Å²) in [5.74, 6) is -2.81. The minimum atomic E-state index is -1.19. The highest BCUT2D eigenvalue weighted by atomic mass is 127. The van der Waals surface area contributed by atoms with Crippen molar-refractivity contribution in [3.05, 3.63) is 63.5 Å². The first kappa shape index (κ1) is 20.3. The van der Waals surface area contributed by atoms with Gasteiger partial charge in [-0.15, -0.1) is 0 Å². The van der Waals surface area contributed by atoms with Crippen molar-refractivity contribution in [2.75, 3.05) is 18.4 Å². The molecular formula is C18H17F3IN3OS. The summed E-state index contributed by atoms with van der Waals surface area (Å²) < 4.78 is 43.1. The Kier molecular flexibility index (Phi) is 5.67. The molecule has 1 aliphatic rings. The number of anilines is 2. The molecule has 4 nitrogen and oxygen atoms in total. The Morgan fingerprint density at radius 1 is 1.26 bits per heavy atom. The van der Waals surface area contributed by atoms with E-state index in [1.165, 1.54) is 18.2 Å². The van der Waals surface area contributed by atoms with Gasteiger partial charge in [0.25, 0.3) is 0 Å². The van der Waals surface area contributed by atoms with Crippen LogP contribution in [0.4, 0.5) is 24.5 Å². The van der Waals surface area contributed by atoms with Crippen LogP contribution in [0.3, 0.4) is 0 Å². The van der Waals surface area contributed by atoms with Crippen LogP contribution in [0, 0.1) is 21.0 Å². The lowest BCUT2D eigenvalue weighted by Crippen LogP contribution is -2.67. The molecule has 4 N–H and O–H groups in total. The van der Waals surface area contributed by atoms with Crippen LogP contribution in [-0.4, -0.2) is 34.1 Å². The molecule has 0 spiro atoms.